The van der Waals surface area contributed by atoms with Crippen molar-refractivity contribution in [2.45, 2.75) is 23.1 Å². The molecular weight excluding hydrogens is 817 g/mol. The number of ether oxygens (including phenoxy) is 1. The van der Waals surface area contributed by atoms with E-state index < -0.39 is 40.8 Å². The van der Waals surface area contributed by atoms with Crippen molar-refractivity contribution in [2.24, 2.45) is 5.16 Å². The van der Waals surface area contributed by atoms with E-state index in [1.54, 1.807) is 5.38 Å². The maximum atomic E-state index is 14.4. The molecular formula is C49H44N6O5S2. The SMILES string of the molecule is CON=C(C(=O)NC1C(=O)N2C(C(=O)OC(c3ccccc3)c3ccccc3)=C(C=CN(C)C)CSC12)c1csc(NC(c2ccccc2)(c2ccccc2)c2ccccc2)n1. The van der Waals surface area contributed by atoms with Crippen LogP contribution in [0.25, 0.3) is 0 Å². The number of benzene rings is 5. The number of β-lactam (4-membered cyclic amide) rings is 1. The molecule has 0 spiro atoms. The number of fused-ring (bicyclic) bond motifs is 1. The van der Waals surface area contributed by atoms with Gasteiger partial charge in [0.1, 0.15) is 35.5 Å². The van der Waals surface area contributed by atoms with Gasteiger partial charge in [-0.25, -0.2) is 9.78 Å². The monoisotopic (exact) mass is 860 g/mol. The van der Waals surface area contributed by atoms with Gasteiger partial charge < -0.3 is 25.1 Å². The van der Waals surface area contributed by atoms with Crippen LogP contribution in [0.5, 0.6) is 0 Å². The van der Waals surface area contributed by atoms with E-state index in [9.17, 15) is 14.4 Å². The largest absolute Gasteiger partial charge is 0.448 e. The van der Waals surface area contributed by atoms with Gasteiger partial charge in [-0.2, -0.15) is 0 Å². The van der Waals surface area contributed by atoms with Crippen LogP contribution in [0, 0.1) is 0 Å². The minimum Gasteiger partial charge on any atom is -0.448 e. The summed E-state index contributed by atoms with van der Waals surface area (Å²) in [5, 5.41) is 12.4. The zero-order valence-corrected chi connectivity index (χ0v) is 35.9. The van der Waals surface area contributed by atoms with Gasteiger partial charge in [0, 0.05) is 25.2 Å². The number of hydrogen-bond acceptors (Lipinski definition) is 11. The quantitative estimate of drug-likeness (QED) is 0.0348. The molecule has 3 heterocycles. The van der Waals surface area contributed by atoms with Crippen molar-refractivity contribution in [1.82, 2.24) is 20.1 Å². The maximum absolute atomic E-state index is 14.4. The molecule has 0 bridgehead atoms. The first-order valence-corrected chi connectivity index (χ1v) is 21.9. The number of thiazole rings is 1. The molecule has 13 heteroatoms. The Kier molecular flexibility index (Phi) is 12.6. The van der Waals surface area contributed by atoms with E-state index in [-0.39, 0.29) is 17.1 Å². The van der Waals surface area contributed by atoms with Crippen molar-refractivity contribution < 1.29 is 24.0 Å². The lowest BCUT2D eigenvalue weighted by molar-refractivity contribution is -0.154. The van der Waals surface area contributed by atoms with E-state index in [2.05, 4.69) is 52.2 Å². The maximum Gasteiger partial charge on any atom is 0.356 e. The van der Waals surface area contributed by atoms with Crippen LogP contribution in [0.2, 0.25) is 0 Å². The summed E-state index contributed by atoms with van der Waals surface area (Å²) < 4.78 is 6.28. The summed E-state index contributed by atoms with van der Waals surface area (Å²) in [5.74, 6) is -1.36. The van der Waals surface area contributed by atoms with Gasteiger partial charge in [-0.15, -0.1) is 23.1 Å². The summed E-state index contributed by atoms with van der Waals surface area (Å²) in [4.78, 5) is 56.0. The number of anilines is 1. The van der Waals surface area contributed by atoms with Crippen molar-refractivity contribution in [3.63, 3.8) is 0 Å². The number of oxime groups is 1. The molecule has 2 aliphatic heterocycles. The van der Waals surface area contributed by atoms with E-state index in [1.165, 1.54) is 35.1 Å². The number of hydrogen-bond donors (Lipinski definition) is 2. The molecule has 5 aromatic carbocycles. The predicted octanol–water partition coefficient (Wildman–Crippen LogP) is 7.96. The lowest BCUT2D eigenvalue weighted by atomic mass is 9.77. The van der Waals surface area contributed by atoms with Crippen molar-refractivity contribution in [1.29, 1.82) is 0 Å². The fourth-order valence-corrected chi connectivity index (χ4v) is 9.70. The Bertz CT molecular complexity index is 2470. The summed E-state index contributed by atoms with van der Waals surface area (Å²) in [6, 6.07) is 48.4. The van der Waals surface area contributed by atoms with Gasteiger partial charge >= 0.3 is 5.97 Å². The highest BCUT2D eigenvalue weighted by atomic mass is 32.2. The van der Waals surface area contributed by atoms with E-state index in [0.29, 0.717) is 16.5 Å². The molecule has 6 aromatic rings. The smallest absolute Gasteiger partial charge is 0.356 e. The van der Waals surface area contributed by atoms with Crippen LogP contribution in [-0.2, 0) is 29.5 Å². The Balaban J connectivity index is 1.06. The average molecular weight is 861 g/mol. The summed E-state index contributed by atoms with van der Waals surface area (Å²) in [7, 11) is 5.10. The summed E-state index contributed by atoms with van der Waals surface area (Å²) in [5.41, 5.74) is 4.61. The zero-order chi connectivity index (χ0) is 43.1. The fourth-order valence-electron chi connectivity index (χ4n) is 7.63. The minimum absolute atomic E-state index is 0.105. The molecule has 11 nitrogen and oxygen atoms in total. The Labute approximate surface area is 368 Å². The molecule has 2 unspecified atom stereocenters. The second-order valence-electron chi connectivity index (χ2n) is 14.8. The summed E-state index contributed by atoms with van der Waals surface area (Å²) >= 11 is 2.76. The van der Waals surface area contributed by atoms with Crippen LogP contribution in [0.4, 0.5) is 5.13 Å². The number of nitrogens with zero attached hydrogens (tertiary/aromatic N) is 4. The Hall–Kier alpha value is -6.96. The first kappa shape index (κ1) is 41.8. The molecule has 2 N–H and O–H groups in total. The first-order valence-electron chi connectivity index (χ1n) is 19.9. The van der Waals surface area contributed by atoms with Gasteiger partial charge in [0.05, 0.1) is 0 Å². The second kappa shape index (κ2) is 18.8. The number of carbonyl (C=O) groups is 3. The summed E-state index contributed by atoms with van der Waals surface area (Å²) in [6.07, 6.45) is 2.92. The van der Waals surface area contributed by atoms with Gasteiger partial charge in [0.2, 0.25) is 0 Å². The van der Waals surface area contributed by atoms with Crippen molar-refractivity contribution in [3.8, 4) is 0 Å². The topological polar surface area (TPSA) is 125 Å². The molecule has 1 saturated heterocycles. The third-order valence-electron chi connectivity index (χ3n) is 10.5. The predicted molar refractivity (Wildman–Crippen MR) is 244 cm³/mol. The van der Waals surface area contributed by atoms with Crippen LogP contribution in [0.3, 0.4) is 0 Å². The van der Waals surface area contributed by atoms with Gasteiger partial charge in [-0.1, -0.05) is 157 Å². The molecule has 1 fully saturated rings. The van der Waals surface area contributed by atoms with E-state index in [0.717, 1.165) is 27.8 Å². The van der Waals surface area contributed by atoms with Crippen LogP contribution >= 0.6 is 23.1 Å². The number of nitrogens with one attached hydrogen (secondary N) is 2. The molecule has 0 aliphatic carbocycles. The fraction of sp³-hybridized carbons (Fsp3) is 0.163. The standard InChI is InChI=1S/C49H44N6O5S2/c1-54(2)30-29-35-31-61-46-41(45(57)55(46)42(35)47(58)60-43(33-19-9-4-10-20-33)34-21-11-5-12-22-34)51-44(56)40(53-59-3)39-32-62-48(50-39)52-49(36-23-13-6-14-24-36,37-25-15-7-16-26-37)38-27-17-8-18-28-38/h4-30,32,41,43,46H,31H2,1-3H3,(H,50,52)(H,51,56). The lowest BCUT2D eigenvalue weighted by Gasteiger charge is -2.49. The lowest BCUT2D eigenvalue weighted by Crippen LogP contribution is -2.71. The highest BCUT2D eigenvalue weighted by Crippen LogP contribution is 2.43. The van der Waals surface area contributed by atoms with E-state index in [4.69, 9.17) is 14.6 Å². The molecule has 2 atom stereocenters. The van der Waals surface area contributed by atoms with E-state index in [1.807, 2.05) is 147 Å². The van der Waals surface area contributed by atoms with Gasteiger partial charge in [-0.05, 0) is 45.7 Å². The number of thioether (sulfide) groups is 1. The number of aromatic nitrogens is 1. The molecule has 312 valence electrons. The normalized spacial score (nSPS) is 16.4. The highest BCUT2D eigenvalue weighted by Gasteiger charge is 2.55. The highest BCUT2D eigenvalue weighted by molar-refractivity contribution is 8.00. The first-order chi connectivity index (χ1) is 30.3. The molecule has 2 aliphatic rings. The number of rotatable bonds is 15. The Morgan fingerprint density at radius 2 is 1.34 bits per heavy atom. The second-order valence-corrected chi connectivity index (χ2v) is 16.7. The molecule has 2 amide bonds. The van der Waals surface area contributed by atoms with Crippen molar-refractivity contribution in [2.75, 3.05) is 32.3 Å². The number of carbonyl (C=O) groups excluding carboxylic acids is 3. The molecule has 8 rings (SSSR count). The molecule has 0 radical (unpaired) electrons. The number of esters is 1. The van der Waals surface area contributed by atoms with Crippen LogP contribution < -0.4 is 10.6 Å². The Morgan fingerprint density at radius 1 is 0.823 bits per heavy atom. The Morgan fingerprint density at radius 3 is 1.84 bits per heavy atom. The zero-order valence-electron chi connectivity index (χ0n) is 34.3. The van der Waals surface area contributed by atoms with Crippen LogP contribution in [0.1, 0.15) is 39.6 Å². The number of amides is 2. The average Bonchev–Trinajstić information content (AvgIpc) is 3.79. The van der Waals surface area contributed by atoms with Crippen molar-refractivity contribution >= 4 is 51.7 Å². The van der Waals surface area contributed by atoms with Gasteiger partial charge in [0.25, 0.3) is 11.8 Å². The van der Waals surface area contributed by atoms with Gasteiger partial charge in [0.15, 0.2) is 16.9 Å². The molecule has 1 aromatic heterocycles. The van der Waals surface area contributed by atoms with E-state index >= 15 is 0 Å². The van der Waals surface area contributed by atoms with Crippen LogP contribution in [0.15, 0.2) is 186 Å². The molecule has 62 heavy (non-hydrogen) atoms. The van der Waals surface area contributed by atoms with Gasteiger partial charge in [-0.3, -0.25) is 14.5 Å². The third-order valence-corrected chi connectivity index (χ3v) is 12.6. The van der Waals surface area contributed by atoms with Crippen LogP contribution in [-0.4, -0.2) is 76.7 Å². The van der Waals surface area contributed by atoms with Crippen molar-refractivity contribution in [3.05, 3.63) is 214 Å². The third kappa shape index (κ3) is 8.49. The molecule has 0 saturated carbocycles. The minimum atomic E-state index is -0.964. The summed E-state index contributed by atoms with van der Waals surface area (Å²) in [6.45, 7) is 0. The number of allylic oxidation sites excluding steroid dienone is 1.